The molecule has 0 radical (unpaired) electrons. The van der Waals surface area contributed by atoms with E-state index >= 15 is 0 Å². The van der Waals surface area contributed by atoms with Gasteiger partial charge in [-0.15, -0.1) is 0 Å². The smallest absolute Gasteiger partial charge is 0.397 e. The lowest BCUT2D eigenvalue weighted by Gasteiger charge is -2.21. The van der Waals surface area contributed by atoms with Gasteiger partial charge in [-0.2, -0.15) is 8.42 Å². The summed E-state index contributed by atoms with van der Waals surface area (Å²) in [4.78, 5) is 17.7. The number of hydrogen-bond acceptors (Lipinski definition) is 10. The van der Waals surface area contributed by atoms with E-state index in [2.05, 4.69) is 20.7 Å². The molecule has 28 heavy (non-hydrogen) atoms. The van der Waals surface area contributed by atoms with Crippen molar-refractivity contribution in [3.63, 3.8) is 0 Å². The molecule has 0 bridgehead atoms. The molecule has 158 valence electrons. The molecular formula is C13H21N4O9PS. The zero-order valence-electron chi connectivity index (χ0n) is 14.9. The summed E-state index contributed by atoms with van der Waals surface area (Å²) in [5, 5.41) is 10.6. The van der Waals surface area contributed by atoms with E-state index in [1.165, 1.54) is 17.1 Å². The maximum Gasteiger partial charge on any atom is 0.397 e. The van der Waals surface area contributed by atoms with Crippen LogP contribution in [0.5, 0.6) is 0 Å². The molecule has 0 aromatic carbocycles. The number of nitrogens with two attached hydrogens (primary N) is 1. The van der Waals surface area contributed by atoms with Crippen molar-refractivity contribution in [2.75, 3.05) is 13.3 Å². The Morgan fingerprint density at radius 3 is 2.75 bits per heavy atom. The summed E-state index contributed by atoms with van der Waals surface area (Å²) in [7, 11) is -8.92. The fraction of sp³-hybridized carbons (Fsp3) is 0.538. The van der Waals surface area contributed by atoms with E-state index in [4.69, 9.17) is 19.5 Å². The van der Waals surface area contributed by atoms with Gasteiger partial charge in [0.05, 0.1) is 18.6 Å². The molecule has 5 atom stereocenters. The van der Waals surface area contributed by atoms with Gasteiger partial charge < -0.3 is 20.5 Å². The van der Waals surface area contributed by atoms with Crippen molar-refractivity contribution in [2.24, 2.45) is 10.7 Å². The number of hydrogen-bond donors (Lipinski definition) is 4. The SMILES string of the molecule is C=C(N)c1ncn([C@@H]2O[C@H](COS(=O)(=O)O)[C@@H](OP(C)(=O)O)[C@H]2O)c1N=CC. The minimum atomic E-state index is -4.82. The van der Waals surface area contributed by atoms with Crippen LogP contribution in [0, 0.1) is 0 Å². The van der Waals surface area contributed by atoms with Crippen LogP contribution < -0.4 is 5.73 Å². The van der Waals surface area contributed by atoms with Gasteiger partial charge in [0.15, 0.2) is 12.0 Å². The Morgan fingerprint density at radius 1 is 1.61 bits per heavy atom. The summed E-state index contributed by atoms with van der Waals surface area (Å²) < 4.78 is 58.2. The lowest BCUT2D eigenvalue weighted by atomic mass is 10.1. The maximum atomic E-state index is 11.7. The number of aliphatic hydroxyl groups excluding tert-OH is 1. The summed E-state index contributed by atoms with van der Waals surface area (Å²) in [5.41, 5.74) is 5.98. The molecule has 0 spiro atoms. The van der Waals surface area contributed by atoms with Gasteiger partial charge in [0, 0.05) is 12.9 Å². The second-order valence-corrected chi connectivity index (χ2v) is 8.79. The van der Waals surface area contributed by atoms with Gasteiger partial charge in [-0.3, -0.25) is 18.2 Å². The Bertz CT molecular complexity index is 909. The highest BCUT2D eigenvalue weighted by Crippen LogP contribution is 2.45. The highest BCUT2D eigenvalue weighted by Gasteiger charge is 2.48. The molecule has 1 aliphatic rings. The van der Waals surface area contributed by atoms with Crippen molar-refractivity contribution < 1.29 is 41.0 Å². The fourth-order valence-electron chi connectivity index (χ4n) is 2.61. The first-order valence-electron chi connectivity index (χ1n) is 7.78. The Morgan fingerprint density at radius 2 is 2.25 bits per heavy atom. The molecule has 1 aliphatic heterocycles. The molecule has 5 N–H and O–H groups in total. The van der Waals surface area contributed by atoms with E-state index in [1.54, 1.807) is 6.92 Å². The van der Waals surface area contributed by atoms with Crippen LogP contribution in [0.4, 0.5) is 5.82 Å². The van der Waals surface area contributed by atoms with Crippen molar-refractivity contribution in [3.05, 3.63) is 18.6 Å². The Hall–Kier alpha value is -1.64. The van der Waals surface area contributed by atoms with Crippen molar-refractivity contribution >= 4 is 35.7 Å². The highest BCUT2D eigenvalue weighted by molar-refractivity contribution is 7.80. The Labute approximate surface area is 160 Å². The quantitative estimate of drug-likeness (QED) is 0.238. The Kier molecular flexibility index (Phi) is 6.78. The van der Waals surface area contributed by atoms with Gasteiger partial charge in [-0.05, 0) is 6.92 Å². The molecule has 0 saturated carbocycles. The third-order valence-electron chi connectivity index (χ3n) is 3.61. The maximum absolute atomic E-state index is 11.7. The van der Waals surface area contributed by atoms with Crippen LogP contribution in [0.2, 0.25) is 0 Å². The molecule has 1 saturated heterocycles. The van der Waals surface area contributed by atoms with Crippen LogP contribution in [0.1, 0.15) is 18.8 Å². The van der Waals surface area contributed by atoms with Crippen molar-refractivity contribution in [3.8, 4) is 0 Å². The summed E-state index contributed by atoms with van der Waals surface area (Å²) in [6.07, 6.45) is -2.90. The van der Waals surface area contributed by atoms with Crippen LogP contribution in [-0.2, 0) is 28.4 Å². The van der Waals surface area contributed by atoms with Crippen LogP contribution in [0.25, 0.3) is 5.70 Å². The summed E-state index contributed by atoms with van der Waals surface area (Å²) >= 11 is 0. The topological polar surface area (TPSA) is 196 Å². The molecular weight excluding hydrogens is 419 g/mol. The number of ether oxygens (including phenoxy) is 1. The first kappa shape index (κ1) is 22.6. The van der Waals surface area contributed by atoms with Gasteiger partial charge in [-0.25, -0.2) is 14.2 Å². The highest BCUT2D eigenvalue weighted by atomic mass is 32.3. The van der Waals surface area contributed by atoms with E-state index in [9.17, 15) is 23.0 Å². The molecule has 15 heteroatoms. The van der Waals surface area contributed by atoms with Gasteiger partial charge in [0.1, 0.15) is 24.0 Å². The lowest BCUT2D eigenvalue weighted by molar-refractivity contribution is -0.0483. The second-order valence-electron chi connectivity index (χ2n) is 5.88. The first-order chi connectivity index (χ1) is 12.8. The van der Waals surface area contributed by atoms with E-state index < -0.39 is 49.1 Å². The van der Waals surface area contributed by atoms with Crippen molar-refractivity contribution in [1.29, 1.82) is 0 Å². The monoisotopic (exact) mass is 440 g/mol. The average molecular weight is 440 g/mol. The molecule has 2 rings (SSSR count). The van der Waals surface area contributed by atoms with Gasteiger partial charge in [0.2, 0.25) is 0 Å². The number of aliphatic hydroxyl groups is 1. The molecule has 13 nitrogen and oxygen atoms in total. The number of aliphatic imine (C=N–C) groups is 1. The zero-order valence-corrected chi connectivity index (χ0v) is 16.7. The minimum absolute atomic E-state index is 0.0966. The van der Waals surface area contributed by atoms with Crippen molar-refractivity contribution in [2.45, 2.75) is 31.5 Å². The third kappa shape index (κ3) is 5.46. The van der Waals surface area contributed by atoms with E-state index in [0.29, 0.717) is 0 Å². The van der Waals surface area contributed by atoms with E-state index in [-0.39, 0.29) is 17.2 Å². The predicted octanol–water partition coefficient (Wildman–Crippen LogP) is -0.187. The van der Waals surface area contributed by atoms with E-state index in [1.807, 2.05) is 0 Å². The van der Waals surface area contributed by atoms with Crippen LogP contribution >= 0.6 is 7.60 Å². The van der Waals surface area contributed by atoms with Gasteiger partial charge >= 0.3 is 18.0 Å². The van der Waals surface area contributed by atoms with Crippen LogP contribution in [0.15, 0.2) is 17.9 Å². The first-order valence-corrected chi connectivity index (χ1v) is 11.2. The molecule has 0 aliphatic carbocycles. The largest absolute Gasteiger partial charge is 0.397 e. The minimum Gasteiger partial charge on any atom is -0.397 e. The van der Waals surface area contributed by atoms with Crippen LogP contribution in [0.3, 0.4) is 0 Å². The molecule has 1 aromatic rings. The third-order valence-corrected chi connectivity index (χ3v) is 4.67. The summed E-state index contributed by atoms with van der Waals surface area (Å²) in [5.74, 6) is 0.179. The summed E-state index contributed by atoms with van der Waals surface area (Å²) in [6, 6.07) is 0. The average Bonchev–Trinajstić information content (AvgIpc) is 3.07. The molecule has 1 unspecified atom stereocenters. The zero-order chi connectivity index (χ0) is 21.3. The number of aromatic nitrogens is 2. The number of imidazole rings is 1. The second kappa shape index (κ2) is 8.39. The molecule has 2 heterocycles. The number of nitrogens with zero attached hydrogens (tertiary/aromatic N) is 3. The lowest BCUT2D eigenvalue weighted by Crippen LogP contribution is -2.36. The van der Waals surface area contributed by atoms with E-state index in [0.717, 1.165) is 6.66 Å². The summed E-state index contributed by atoms with van der Waals surface area (Å²) in [6.45, 7) is 5.30. The normalized spacial score (nSPS) is 27.9. The van der Waals surface area contributed by atoms with Crippen molar-refractivity contribution in [1.82, 2.24) is 9.55 Å². The molecule has 1 fully saturated rings. The molecule has 1 aromatic heterocycles. The van der Waals surface area contributed by atoms with Gasteiger partial charge in [-0.1, -0.05) is 6.58 Å². The fourth-order valence-corrected chi connectivity index (χ4v) is 3.63. The predicted molar refractivity (Wildman–Crippen MR) is 97.3 cm³/mol. The standard InChI is InChI=1S/C13H21N4O9PS/c1-4-15-12-9(7(2)14)16-6-17(12)13-10(18)11(26-27(3,19)20)8(25-13)5-24-28(21,22)23/h4,6,8,10-11,13,18H,2,5,14H2,1,3H3,(H,19,20)(H,21,22,23)/t8-,10-,11-,13-/m1/s1. The van der Waals surface area contributed by atoms with Gasteiger partial charge in [0.25, 0.3) is 0 Å². The molecule has 0 amide bonds. The van der Waals surface area contributed by atoms with Crippen LogP contribution in [-0.4, -0.2) is 70.3 Å². The number of rotatable bonds is 8. The Balaban J connectivity index is 2.40.